The summed E-state index contributed by atoms with van der Waals surface area (Å²) in [7, 11) is -7.34. The van der Waals surface area contributed by atoms with Gasteiger partial charge in [0, 0.05) is 10.8 Å². The minimum atomic E-state index is -3.67. The number of rotatable bonds is 2. The van der Waals surface area contributed by atoms with Gasteiger partial charge in [-0.3, -0.25) is 9.13 Å². The molecule has 0 N–H and O–H groups in total. The van der Waals surface area contributed by atoms with Crippen LogP contribution < -0.4 is 0 Å². The lowest BCUT2D eigenvalue weighted by atomic mass is 9.97. The van der Waals surface area contributed by atoms with Crippen molar-refractivity contribution in [2.75, 3.05) is 26.4 Å². The van der Waals surface area contributed by atoms with Crippen molar-refractivity contribution in [3.63, 3.8) is 0 Å². The Hall–Kier alpha value is 0.0400. The molecule has 0 aliphatic carbocycles. The summed E-state index contributed by atoms with van der Waals surface area (Å²) < 4.78 is 46.5. The van der Waals surface area contributed by atoms with Gasteiger partial charge < -0.3 is 18.1 Å². The molecule has 0 aromatic rings. The molecule has 0 amide bonds. The average Bonchev–Trinajstić information content (AvgIpc) is 2.37. The first-order chi connectivity index (χ1) is 8.98. The van der Waals surface area contributed by atoms with Crippen LogP contribution >= 0.6 is 15.2 Å². The summed E-state index contributed by atoms with van der Waals surface area (Å²) in [6, 6.07) is 0. The lowest BCUT2D eigenvalue weighted by Gasteiger charge is -2.38. The van der Waals surface area contributed by atoms with Gasteiger partial charge >= 0.3 is 15.2 Å². The molecule has 2 heterocycles. The van der Waals surface area contributed by atoms with Crippen molar-refractivity contribution in [1.29, 1.82) is 0 Å². The van der Waals surface area contributed by atoms with Crippen molar-refractivity contribution >= 4 is 15.2 Å². The molecule has 0 spiro atoms. The van der Waals surface area contributed by atoms with Crippen LogP contribution in [0.25, 0.3) is 0 Å². The zero-order chi connectivity index (χ0) is 15.2. The molecule has 0 aromatic heterocycles. The molecule has 6 nitrogen and oxygen atoms in total. The first kappa shape index (κ1) is 16.4. The van der Waals surface area contributed by atoms with Crippen LogP contribution in [0.15, 0.2) is 11.6 Å². The fraction of sp³-hybridized carbons (Fsp3) is 0.833. The maximum absolute atomic E-state index is 12.6. The predicted octanol–water partition coefficient (Wildman–Crippen LogP) is 3.99. The molecule has 0 bridgehead atoms. The summed E-state index contributed by atoms with van der Waals surface area (Å²) in [5.41, 5.74) is -0.474. The molecular weight excluding hydrogens is 302 g/mol. The highest BCUT2D eigenvalue weighted by molar-refractivity contribution is 7.78. The molecule has 20 heavy (non-hydrogen) atoms. The van der Waals surface area contributed by atoms with E-state index in [0.29, 0.717) is 0 Å². The Balaban J connectivity index is 2.12. The lowest BCUT2D eigenvalue weighted by molar-refractivity contribution is 0.0372. The first-order valence-corrected chi connectivity index (χ1v) is 9.55. The summed E-state index contributed by atoms with van der Waals surface area (Å²) >= 11 is 0. The van der Waals surface area contributed by atoms with Gasteiger partial charge in [0.25, 0.3) is 0 Å². The third-order valence-corrected chi connectivity index (χ3v) is 7.74. The SMILES string of the molecule is C=C(P1(=O)OCC(C)(C)CO1)P1(=O)OCC(C)(C)CO1. The lowest BCUT2D eigenvalue weighted by Crippen LogP contribution is -2.31. The van der Waals surface area contributed by atoms with Crippen LogP contribution in [0.5, 0.6) is 0 Å². The van der Waals surface area contributed by atoms with Gasteiger partial charge in [-0.05, 0) is 0 Å². The Morgan fingerprint density at radius 3 is 1.30 bits per heavy atom. The van der Waals surface area contributed by atoms with E-state index >= 15 is 0 Å². The molecular formula is C12H22O6P2. The van der Waals surface area contributed by atoms with E-state index in [9.17, 15) is 9.13 Å². The van der Waals surface area contributed by atoms with Crippen molar-refractivity contribution in [2.45, 2.75) is 27.7 Å². The van der Waals surface area contributed by atoms with Crippen LogP contribution in [0.4, 0.5) is 0 Å². The fourth-order valence-electron chi connectivity index (χ4n) is 1.64. The molecule has 0 unspecified atom stereocenters. The fourth-order valence-corrected chi connectivity index (χ4v) is 6.36. The van der Waals surface area contributed by atoms with Crippen molar-refractivity contribution in [2.24, 2.45) is 10.8 Å². The van der Waals surface area contributed by atoms with Crippen molar-refractivity contribution in [3.05, 3.63) is 11.6 Å². The minimum Gasteiger partial charge on any atom is -0.304 e. The van der Waals surface area contributed by atoms with E-state index in [1.165, 1.54) is 0 Å². The van der Waals surface area contributed by atoms with Crippen molar-refractivity contribution in [1.82, 2.24) is 0 Å². The molecule has 0 aromatic carbocycles. The van der Waals surface area contributed by atoms with E-state index in [0.717, 1.165) is 0 Å². The van der Waals surface area contributed by atoms with Crippen LogP contribution in [-0.2, 0) is 27.2 Å². The smallest absolute Gasteiger partial charge is 0.304 e. The van der Waals surface area contributed by atoms with E-state index < -0.39 is 15.2 Å². The second-order valence-corrected chi connectivity index (χ2v) is 11.3. The van der Waals surface area contributed by atoms with E-state index in [1.54, 1.807) is 0 Å². The zero-order valence-corrected chi connectivity index (χ0v) is 14.2. The van der Waals surface area contributed by atoms with Crippen LogP contribution in [-0.4, -0.2) is 26.4 Å². The van der Waals surface area contributed by atoms with Crippen LogP contribution in [0.1, 0.15) is 27.7 Å². The van der Waals surface area contributed by atoms with Crippen molar-refractivity contribution in [3.8, 4) is 0 Å². The van der Waals surface area contributed by atoms with E-state index in [-0.39, 0.29) is 42.3 Å². The highest BCUT2D eigenvalue weighted by atomic mass is 31.2. The van der Waals surface area contributed by atoms with Gasteiger partial charge in [-0.15, -0.1) is 0 Å². The Bertz CT molecular complexity index is 438. The highest BCUT2D eigenvalue weighted by Gasteiger charge is 2.50. The number of hydrogen-bond acceptors (Lipinski definition) is 6. The normalized spacial score (nSPS) is 30.6. The van der Waals surface area contributed by atoms with Gasteiger partial charge in [0.05, 0.1) is 26.4 Å². The van der Waals surface area contributed by atoms with Gasteiger partial charge in [0.15, 0.2) is 0 Å². The van der Waals surface area contributed by atoms with Crippen LogP contribution in [0.2, 0.25) is 0 Å². The molecule has 2 saturated heterocycles. The summed E-state index contributed by atoms with van der Waals surface area (Å²) in [5, 5.41) is -0.198. The van der Waals surface area contributed by atoms with Gasteiger partial charge in [-0.1, -0.05) is 34.3 Å². The second-order valence-electron chi connectivity index (χ2n) is 6.83. The zero-order valence-electron chi connectivity index (χ0n) is 12.4. The van der Waals surface area contributed by atoms with Gasteiger partial charge in [-0.2, -0.15) is 0 Å². The Morgan fingerprint density at radius 2 is 1.05 bits per heavy atom. The quantitative estimate of drug-likeness (QED) is 0.715. The maximum Gasteiger partial charge on any atom is 0.368 e. The molecule has 2 rings (SSSR count). The molecule has 2 fully saturated rings. The van der Waals surface area contributed by atoms with E-state index in [1.807, 2.05) is 27.7 Å². The van der Waals surface area contributed by atoms with E-state index in [4.69, 9.17) is 18.1 Å². The van der Waals surface area contributed by atoms with Crippen LogP contribution in [0, 0.1) is 10.8 Å². The summed E-state index contributed by atoms with van der Waals surface area (Å²) in [6.07, 6.45) is 0. The van der Waals surface area contributed by atoms with Crippen molar-refractivity contribution < 1.29 is 27.2 Å². The summed E-state index contributed by atoms with van der Waals surface area (Å²) in [4.78, 5) is 0. The average molecular weight is 324 g/mol. The third kappa shape index (κ3) is 3.27. The molecule has 0 radical (unpaired) electrons. The van der Waals surface area contributed by atoms with Gasteiger partial charge in [0.2, 0.25) is 0 Å². The molecule has 0 saturated carbocycles. The highest BCUT2D eigenvalue weighted by Crippen LogP contribution is 2.75. The Labute approximate surface area is 119 Å². The molecule has 2 aliphatic rings. The van der Waals surface area contributed by atoms with Gasteiger partial charge in [0.1, 0.15) is 5.06 Å². The molecule has 116 valence electrons. The van der Waals surface area contributed by atoms with E-state index in [2.05, 4.69) is 6.58 Å². The monoisotopic (exact) mass is 324 g/mol. The minimum absolute atomic E-state index is 0.198. The second kappa shape index (κ2) is 5.05. The first-order valence-electron chi connectivity index (χ1n) is 6.47. The topological polar surface area (TPSA) is 71.1 Å². The molecule has 0 atom stereocenters. The Kier molecular flexibility index (Phi) is 4.14. The predicted molar refractivity (Wildman–Crippen MR) is 75.7 cm³/mol. The standard InChI is InChI=1S/C12H22O6P2/c1-10(19(13)15-6-11(2,3)7-16-19)20(14)17-8-12(4,5)9-18-20/h1,6-9H2,2-5H3. The molecule has 8 heteroatoms. The molecule has 2 aliphatic heterocycles. The third-order valence-electron chi connectivity index (χ3n) is 3.13. The van der Waals surface area contributed by atoms with Gasteiger partial charge in [-0.25, -0.2) is 0 Å². The largest absolute Gasteiger partial charge is 0.368 e. The summed E-state index contributed by atoms with van der Waals surface area (Å²) in [6.45, 7) is 12.3. The number of hydrogen-bond donors (Lipinski definition) is 0. The van der Waals surface area contributed by atoms with Crippen LogP contribution in [0.3, 0.4) is 0 Å². The Morgan fingerprint density at radius 1 is 0.800 bits per heavy atom. The maximum atomic E-state index is 12.6. The summed E-state index contributed by atoms with van der Waals surface area (Å²) in [5.74, 6) is 0.